The summed E-state index contributed by atoms with van der Waals surface area (Å²) in [5.41, 5.74) is -0.733. The van der Waals surface area contributed by atoms with Crippen LogP contribution in [-0.2, 0) is 0 Å². The molecule has 1 aromatic carbocycles. The Labute approximate surface area is 191 Å². The molecule has 1 heterocycles. The summed E-state index contributed by atoms with van der Waals surface area (Å²) in [5.74, 6) is -1.40. The maximum atomic E-state index is 14.2. The zero-order valence-corrected chi connectivity index (χ0v) is 19.3. The Morgan fingerprint density at radius 1 is 1.33 bits per heavy atom. The van der Waals surface area contributed by atoms with Crippen LogP contribution in [0.5, 0.6) is 0 Å². The van der Waals surface area contributed by atoms with Gasteiger partial charge in [0.05, 0.1) is 17.5 Å². The summed E-state index contributed by atoms with van der Waals surface area (Å²) in [7, 11) is 0. The molecule has 2 bridgehead atoms. The van der Waals surface area contributed by atoms with Gasteiger partial charge in [-0.2, -0.15) is 0 Å². The number of oxazole rings is 1. The molecule has 2 aliphatic rings. The van der Waals surface area contributed by atoms with Crippen molar-refractivity contribution in [2.24, 2.45) is 16.7 Å². The van der Waals surface area contributed by atoms with Gasteiger partial charge in [-0.15, -0.1) is 0 Å². The van der Waals surface area contributed by atoms with Crippen molar-refractivity contribution < 1.29 is 18.0 Å². The van der Waals surface area contributed by atoms with Gasteiger partial charge in [0, 0.05) is 24.2 Å². The number of carbonyl (C=O) groups is 1. The third kappa shape index (κ3) is 3.43. The highest BCUT2D eigenvalue weighted by Gasteiger charge is 2.65. The molecule has 6 nitrogen and oxygen atoms in total. The Morgan fingerprint density at radius 3 is 2.58 bits per heavy atom. The van der Waals surface area contributed by atoms with Gasteiger partial charge in [0.1, 0.15) is 17.4 Å². The molecule has 0 saturated heterocycles. The van der Waals surface area contributed by atoms with Crippen LogP contribution in [0.3, 0.4) is 0 Å². The van der Waals surface area contributed by atoms with Crippen LogP contribution in [-0.4, -0.2) is 40.3 Å². The predicted octanol–water partition coefficient (Wildman–Crippen LogP) is 5.17. The van der Waals surface area contributed by atoms with Crippen molar-refractivity contribution >= 4 is 17.3 Å². The highest BCUT2D eigenvalue weighted by atomic mass is 19.1. The zero-order valence-electron chi connectivity index (χ0n) is 19.3. The van der Waals surface area contributed by atoms with Crippen LogP contribution in [0.4, 0.5) is 8.78 Å². The van der Waals surface area contributed by atoms with E-state index < -0.39 is 22.6 Å². The number of hydrogen-bond donors (Lipinski definition) is 2. The fourth-order valence-electron chi connectivity index (χ4n) is 5.61. The lowest BCUT2D eigenvalue weighted by molar-refractivity contribution is 0.0590. The summed E-state index contributed by atoms with van der Waals surface area (Å²) >= 11 is 0. The molecule has 8 heteroatoms. The molecule has 33 heavy (non-hydrogen) atoms. The minimum Gasteiger partial charge on any atom is -0.438 e. The van der Waals surface area contributed by atoms with Crippen molar-refractivity contribution in [1.29, 1.82) is 10.8 Å². The summed E-state index contributed by atoms with van der Waals surface area (Å²) in [5, 5.41) is 17.4. The number of allylic oxidation sites excluding steroid dienone is 2. The molecule has 2 saturated carbocycles. The van der Waals surface area contributed by atoms with Crippen LogP contribution in [0.2, 0.25) is 0 Å². The SMILES string of the molecule is CCN(C[C@@]12CC[C@@H](/C(=C/C(=N)c3c(F)cccc3F)C1=N)C2(C)C)C(=O)c1ncc(C)o1. The standard InChI is InChI=1S/C25H28F2N4O2/c1-5-31(23(32)22-30-12-14(2)33-22)13-25-10-9-16(24(25,3)4)15(21(25)29)11-19(28)20-17(26)7-6-8-18(20)27/h6-8,11-12,16,28-29H,5,9-10,13H2,1-4H3/b15-11-,28-19?,29-21?/t16-,25-/m0/s1. The Kier molecular flexibility index (Phi) is 5.58. The van der Waals surface area contributed by atoms with E-state index in [9.17, 15) is 13.6 Å². The lowest BCUT2D eigenvalue weighted by atomic mass is 9.68. The lowest BCUT2D eigenvalue weighted by Crippen LogP contribution is -2.48. The summed E-state index contributed by atoms with van der Waals surface area (Å²) in [4.78, 5) is 18.8. The van der Waals surface area contributed by atoms with E-state index in [0.29, 0.717) is 30.1 Å². The largest absolute Gasteiger partial charge is 0.438 e. The van der Waals surface area contributed by atoms with Crippen LogP contribution in [0, 0.1) is 46.1 Å². The molecule has 1 aromatic heterocycles. The quantitative estimate of drug-likeness (QED) is 0.590. The average molecular weight is 455 g/mol. The van der Waals surface area contributed by atoms with Crippen molar-refractivity contribution in [2.45, 2.75) is 40.5 Å². The molecule has 0 radical (unpaired) electrons. The molecule has 0 spiro atoms. The van der Waals surface area contributed by atoms with Gasteiger partial charge in [-0.3, -0.25) is 4.79 Å². The molecule has 1 amide bonds. The van der Waals surface area contributed by atoms with Crippen LogP contribution in [0.15, 0.2) is 40.5 Å². The molecular formula is C25H28F2N4O2. The number of aryl methyl sites for hydroxylation is 1. The van der Waals surface area contributed by atoms with Crippen molar-refractivity contribution in [3.8, 4) is 0 Å². The highest BCUT2D eigenvalue weighted by Crippen LogP contribution is 2.66. The van der Waals surface area contributed by atoms with Crippen LogP contribution >= 0.6 is 0 Å². The predicted molar refractivity (Wildman–Crippen MR) is 121 cm³/mol. The van der Waals surface area contributed by atoms with Gasteiger partial charge in [-0.05, 0) is 61.8 Å². The normalized spacial score (nSPS) is 24.5. The van der Waals surface area contributed by atoms with Crippen molar-refractivity contribution in [2.75, 3.05) is 13.1 Å². The minimum atomic E-state index is -0.801. The maximum absolute atomic E-state index is 14.2. The molecule has 4 rings (SSSR count). The average Bonchev–Trinajstić information content (AvgIpc) is 3.34. The van der Waals surface area contributed by atoms with Crippen LogP contribution in [0.1, 0.15) is 55.6 Å². The van der Waals surface area contributed by atoms with Crippen LogP contribution < -0.4 is 0 Å². The van der Waals surface area contributed by atoms with E-state index in [4.69, 9.17) is 15.2 Å². The minimum absolute atomic E-state index is 0.0233. The number of amides is 1. The van der Waals surface area contributed by atoms with E-state index in [0.717, 1.165) is 25.0 Å². The third-order valence-corrected chi connectivity index (χ3v) is 7.57. The van der Waals surface area contributed by atoms with Crippen molar-refractivity contribution in [1.82, 2.24) is 9.88 Å². The number of halogens is 2. The summed E-state index contributed by atoms with van der Waals surface area (Å²) < 4.78 is 33.9. The molecule has 2 atom stereocenters. The number of benzene rings is 1. The van der Waals surface area contributed by atoms with Gasteiger partial charge in [0.25, 0.3) is 5.89 Å². The molecule has 0 unspecified atom stereocenters. The number of hydrogen-bond acceptors (Lipinski definition) is 5. The lowest BCUT2D eigenvalue weighted by Gasteiger charge is -2.41. The number of rotatable bonds is 6. The monoisotopic (exact) mass is 454 g/mol. The van der Waals surface area contributed by atoms with E-state index in [1.807, 2.05) is 6.92 Å². The molecule has 174 valence electrons. The Balaban J connectivity index is 1.68. The fourth-order valence-corrected chi connectivity index (χ4v) is 5.61. The number of carbonyl (C=O) groups excluding carboxylic acids is 1. The van der Waals surface area contributed by atoms with Gasteiger partial charge in [0.15, 0.2) is 0 Å². The maximum Gasteiger partial charge on any atom is 0.309 e. The number of aromatic nitrogens is 1. The number of fused-ring (bicyclic) bond motifs is 2. The number of nitrogens with one attached hydrogen (secondary N) is 2. The second-order valence-corrected chi connectivity index (χ2v) is 9.48. The highest BCUT2D eigenvalue weighted by molar-refractivity contribution is 6.15. The second kappa shape index (κ2) is 8.01. The Morgan fingerprint density at radius 2 is 2.00 bits per heavy atom. The first-order valence-corrected chi connectivity index (χ1v) is 11.1. The van der Waals surface area contributed by atoms with Gasteiger partial charge >= 0.3 is 5.91 Å². The van der Waals surface area contributed by atoms with Crippen molar-refractivity contribution in [3.05, 3.63) is 64.9 Å². The Bertz CT molecular complexity index is 1160. The molecule has 2 aromatic rings. The molecular weight excluding hydrogens is 426 g/mol. The van der Waals surface area contributed by atoms with E-state index in [1.54, 1.807) is 11.8 Å². The zero-order chi connectivity index (χ0) is 24.1. The summed E-state index contributed by atoms with van der Waals surface area (Å²) in [6.07, 6.45) is 4.43. The molecule has 2 aliphatic carbocycles. The van der Waals surface area contributed by atoms with Crippen LogP contribution in [0.25, 0.3) is 0 Å². The number of nitrogens with zero attached hydrogens (tertiary/aromatic N) is 2. The van der Waals surface area contributed by atoms with Gasteiger partial charge in [-0.25, -0.2) is 13.8 Å². The molecule has 0 aliphatic heterocycles. The van der Waals surface area contributed by atoms with E-state index in [-0.39, 0.29) is 28.8 Å². The van der Waals surface area contributed by atoms with E-state index in [1.165, 1.54) is 18.3 Å². The molecule has 2 fully saturated rings. The first-order valence-electron chi connectivity index (χ1n) is 11.1. The van der Waals surface area contributed by atoms with Gasteiger partial charge in [0.2, 0.25) is 0 Å². The second-order valence-electron chi connectivity index (χ2n) is 9.48. The summed E-state index contributed by atoms with van der Waals surface area (Å²) in [6, 6.07) is 3.51. The molecule has 2 N–H and O–H groups in total. The van der Waals surface area contributed by atoms with E-state index >= 15 is 0 Å². The third-order valence-electron chi connectivity index (χ3n) is 7.57. The smallest absolute Gasteiger partial charge is 0.309 e. The fraction of sp³-hybridized carbons (Fsp3) is 0.440. The van der Waals surface area contributed by atoms with Gasteiger partial charge in [-0.1, -0.05) is 19.9 Å². The van der Waals surface area contributed by atoms with Crippen molar-refractivity contribution in [3.63, 3.8) is 0 Å². The first-order chi connectivity index (χ1) is 15.5. The first kappa shape index (κ1) is 23.0. The van der Waals surface area contributed by atoms with E-state index in [2.05, 4.69) is 18.8 Å². The Hall–Kier alpha value is -3.16. The topological polar surface area (TPSA) is 94.0 Å². The van der Waals surface area contributed by atoms with Gasteiger partial charge < -0.3 is 20.1 Å². The summed E-state index contributed by atoms with van der Waals surface area (Å²) in [6.45, 7) is 8.47.